The minimum Gasteiger partial charge on any atom is -0.367 e. The van der Waals surface area contributed by atoms with Crippen molar-refractivity contribution >= 4 is 5.69 Å². The number of anilines is 1. The molecule has 0 aromatic heterocycles. The second-order valence-corrected chi connectivity index (χ2v) is 6.70. The number of benzene rings is 3. The monoisotopic (exact) mass is 346 g/mol. The molecule has 0 aliphatic carbocycles. The number of halogens is 1. The number of nitrogens with zero attached hydrogens (tertiary/aromatic N) is 2. The van der Waals surface area contributed by atoms with E-state index in [9.17, 15) is 4.39 Å². The van der Waals surface area contributed by atoms with Gasteiger partial charge in [0.1, 0.15) is 5.82 Å². The van der Waals surface area contributed by atoms with Crippen LogP contribution in [0.4, 0.5) is 10.1 Å². The van der Waals surface area contributed by atoms with Crippen LogP contribution in [0.15, 0.2) is 84.9 Å². The molecular formula is C23H23FN2. The van der Waals surface area contributed by atoms with Gasteiger partial charge in [-0.15, -0.1) is 0 Å². The van der Waals surface area contributed by atoms with Gasteiger partial charge in [-0.05, 0) is 23.3 Å². The fourth-order valence-electron chi connectivity index (χ4n) is 3.81. The van der Waals surface area contributed by atoms with Crippen LogP contribution in [0.2, 0.25) is 0 Å². The molecule has 1 heterocycles. The Bertz CT molecular complexity index is 788. The number of para-hydroxylation sites is 1. The minimum atomic E-state index is -0.136. The Morgan fingerprint density at radius 3 is 1.65 bits per heavy atom. The Morgan fingerprint density at radius 1 is 0.615 bits per heavy atom. The van der Waals surface area contributed by atoms with E-state index in [4.69, 9.17) is 0 Å². The van der Waals surface area contributed by atoms with E-state index in [0.29, 0.717) is 5.69 Å². The maximum Gasteiger partial charge on any atom is 0.146 e. The van der Waals surface area contributed by atoms with Gasteiger partial charge in [0.25, 0.3) is 0 Å². The molecule has 0 N–H and O–H groups in total. The van der Waals surface area contributed by atoms with Crippen LogP contribution < -0.4 is 4.90 Å². The van der Waals surface area contributed by atoms with Crippen molar-refractivity contribution in [1.82, 2.24) is 4.90 Å². The summed E-state index contributed by atoms with van der Waals surface area (Å²) in [5.41, 5.74) is 3.32. The lowest BCUT2D eigenvalue weighted by atomic mass is 9.96. The second kappa shape index (κ2) is 7.71. The van der Waals surface area contributed by atoms with Crippen LogP contribution in [0.3, 0.4) is 0 Å². The summed E-state index contributed by atoms with van der Waals surface area (Å²) in [6.45, 7) is 3.47. The second-order valence-electron chi connectivity index (χ2n) is 6.70. The number of piperazine rings is 1. The fraction of sp³-hybridized carbons (Fsp3) is 0.217. The molecule has 1 saturated heterocycles. The molecule has 0 bridgehead atoms. The van der Waals surface area contributed by atoms with E-state index in [1.54, 1.807) is 12.1 Å². The third kappa shape index (κ3) is 3.49. The van der Waals surface area contributed by atoms with Gasteiger partial charge >= 0.3 is 0 Å². The Balaban J connectivity index is 1.56. The van der Waals surface area contributed by atoms with Crippen molar-refractivity contribution in [1.29, 1.82) is 0 Å². The average molecular weight is 346 g/mol. The van der Waals surface area contributed by atoms with Crippen molar-refractivity contribution in [3.8, 4) is 0 Å². The lowest BCUT2D eigenvalue weighted by molar-refractivity contribution is 0.212. The summed E-state index contributed by atoms with van der Waals surface area (Å²) in [7, 11) is 0. The average Bonchev–Trinajstić information content (AvgIpc) is 2.71. The van der Waals surface area contributed by atoms with Crippen molar-refractivity contribution in [2.45, 2.75) is 6.04 Å². The van der Waals surface area contributed by atoms with E-state index in [0.717, 1.165) is 26.2 Å². The SMILES string of the molecule is Fc1ccccc1N1CCN(C(c2ccccc2)c2ccccc2)CC1. The van der Waals surface area contributed by atoms with Crippen molar-refractivity contribution in [3.05, 3.63) is 102 Å². The lowest BCUT2D eigenvalue weighted by Gasteiger charge is -2.40. The molecule has 0 saturated carbocycles. The van der Waals surface area contributed by atoms with Gasteiger partial charge in [-0.3, -0.25) is 4.90 Å². The molecule has 0 radical (unpaired) electrons. The maximum atomic E-state index is 14.1. The van der Waals surface area contributed by atoms with E-state index in [2.05, 4.69) is 70.5 Å². The number of hydrogen-bond acceptors (Lipinski definition) is 2. The predicted octanol–water partition coefficient (Wildman–Crippen LogP) is 4.74. The number of rotatable bonds is 4. The van der Waals surface area contributed by atoms with Crippen molar-refractivity contribution in [3.63, 3.8) is 0 Å². The first-order chi connectivity index (χ1) is 12.8. The Kier molecular flexibility index (Phi) is 4.98. The summed E-state index contributed by atoms with van der Waals surface area (Å²) in [6, 6.07) is 28.6. The van der Waals surface area contributed by atoms with Crippen molar-refractivity contribution < 1.29 is 4.39 Å². The van der Waals surface area contributed by atoms with Gasteiger partial charge in [0.2, 0.25) is 0 Å². The first kappa shape index (κ1) is 16.8. The largest absolute Gasteiger partial charge is 0.367 e. The van der Waals surface area contributed by atoms with Crippen LogP contribution in [0, 0.1) is 5.82 Å². The first-order valence-electron chi connectivity index (χ1n) is 9.16. The van der Waals surface area contributed by atoms with Gasteiger partial charge in [-0.1, -0.05) is 72.8 Å². The van der Waals surface area contributed by atoms with Crippen LogP contribution in [0.1, 0.15) is 17.2 Å². The van der Waals surface area contributed by atoms with E-state index >= 15 is 0 Å². The molecule has 3 aromatic carbocycles. The molecule has 1 fully saturated rings. The molecule has 0 atom stereocenters. The fourth-order valence-corrected chi connectivity index (χ4v) is 3.81. The van der Waals surface area contributed by atoms with Gasteiger partial charge in [-0.2, -0.15) is 0 Å². The topological polar surface area (TPSA) is 6.48 Å². The van der Waals surface area contributed by atoms with Gasteiger partial charge in [-0.25, -0.2) is 4.39 Å². The molecule has 26 heavy (non-hydrogen) atoms. The molecule has 1 aliphatic heterocycles. The summed E-state index contributed by atoms with van der Waals surface area (Å²) >= 11 is 0. The Hall–Kier alpha value is -2.65. The van der Waals surface area contributed by atoms with Gasteiger partial charge in [0.05, 0.1) is 11.7 Å². The Morgan fingerprint density at radius 2 is 1.12 bits per heavy atom. The van der Waals surface area contributed by atoms with Crippen molar-refractivity contribution in [2.24, 2.45) is 0 Å². The summed E-state index contributed by atoms with van der Waals surface area (Å²) in [5, 5.41) is 0. The third-order valence-corrected chi connectivity index (χ3v) is 5.10. The zero-order valence-electron chi connectivity index (χ0n) is 14.8. The highest BCUT2D eigenvalue weighted by molar-refractivity contribution is 5.48. The van der Waals surface area contributed by atoms with E-state index in [-0.39, 0.29) is 11.9 Å². The van der Waals surface area contributed by atoms with E-state index < -0.39 is 0 Å². The molecule has 1 aliphatic rings. The summed E-state index contributed by atoms with van der Waals surface area (Å²) < 4.78 is 14.1. The predicted molar refractivity (Wildman–Crippen MR) is 105 cm³/mol. The maximum absolute atomic E-state index is 14.1. The minimum absolute atomic E-state index is 0.136. The third-order valence-electron chi connectivity index (χ3n) is 5.10. The van der Waals surface area contributed by atoms with E-state index in [1.165, 1.54) is 11.1 Å². The van der Waals surface area contributed by atoms with Gasteiger partial charge in [0, 0.05) is 26.2 Å². The molecule has 3 aromatic rings. The molecule has 0 unspecified atom stereocenters. The Labute approximate surface area is 154 Å². The van der Waals surface area contributed by atoms with Gasteiger partial charge < -0.3 is 4.90 Å². The molecule has 4 rings (SSSR count). The van der Waals surface area contributed by atoms with Crippen LogP contribution >= 0.6 is 0 Å². The van der Waals surface area contributed by atoms with E-state index in [1.807, 2.05) is 12.1 Å². The van der Waals surface area contributed by atoms with Crippen LogP contribution in [0.5, 0.6) is 0 Å². The highest BCUT2D eigenvalue weighted by Gasteiger charge is 2.27. The van der Waals surface area contributed by atoms with Crippen LogP contribution in [-0.2, 0) is 0 Å². The van der Waals surface area contributed by atoms with Gasteiger partial charge in [0.15, 0.2) is 0 Å². The summed E-state index contributed by atoms with van der Waals surface area (Å²) in [4.78, 5) is 4.65. The summed E-state index contributed by atoms with van der Waals surface area (Å²) in [6.07, 6.45) is 0. The molecular weight excluding hydrogens is 323 g/mol. The molecule has 0 spiro atoms. The first-order valence-corrected chi connectivity index (χ1v) is 9.16. The molecule has 3 heteroatoms. The smallest absolute Gasteiger partial charge is 0.146 e. The molecule has 0 amide bonds. The summed E-state index contributed by atoms with van der Waals surface area (Å²) in [5.74, 6) is -0.136. The highest BCUT2D eigenvalue weighted by Crippen LogP contribution is 2.30. The zero-order chi connectivity index (χ0) is 17.8. The highest BCUT2D eigenvalue weighted by atomic mass is 19.1. The van der Waals surface area contributed by atoms with Crippen molar-refractivity contribution in [2.75, 3.05) is 31.1 Å². The quantitative estimate of drug-likeness (QED) is 0.673. The molecule has 132 valence electrons. The standard InChI is InChI=1S/C23H23FN2/c24-21-13-7-8-14-22(21)25-15-17-26(18-16-25)23(19-9-3-1-4-10-19)20-11-5-2-6-12-20/h1-14,23H,15-18H2. The normalized spacial score (nSPS) is 15.4. The van der Waals surface area contributed by atoms with Crippen LogP contribution in [-0.4, -0.2) is 31.1 Å². The lowest BCUT2D eigenvalue weighted by Crippen LogP contribution is -2.48. The number of hydrogen-bond donors (Lipinski definition) is 0. The van der Waals surface area contributed by atoms with Crippen LogP contribution in [0.25, 0.3) is 0 Å². The zero-order valence-corrected chi connectivity index (χ0v) is 14.8. The molecule has 2 nitrogen and oxygen atoms in total.